The Morgan fingerprint density at radius 2 is 1.92 bits per heavy atom. The molecule has 0 amide bonds. The summed E-state index contributed by atoms with van der Waals surface area (Å²) in [5.74, 6) is -1.50. The Hall–Kier alpha value is -1.29. The predicted octanol–water partition coefficient (Wildman–Crippen LogP) is 1.36. The highest BCUT2D eigenvalue weighted by Crippen LogP contribution is 2.20. The molecule has 0 heterocycles. The summed E-state index contributed by atoms with van der Waals surface area (Å²) in [4.78, 5) is 21.2. The Labute approximate surface area is 80.8 Å². The number of hydrogen-bond donors (Lipinski definition) is 0. The molecule has 0 fully saturated rings. The summed E-state index contributed by atoms with van der Waals surface area (Å²) in [6.45, 7) is 7.53. The van der Waals surface area contributed by atoms with Crippen molar-refractivity contribution in [1.29, 1.82) is 0 Å². The van der Waals surface area contributed by atoms with Crippen LogP contribution in [0.25, 0.3) is 0 Å². The van der Waals surface area contributed by atoms with Crippen LogP contribution in [0.15, 0.2) is 25.3 Å². The van der Waals surface area contributed by atoms with Crippen molar-refractivity contribution in [2.75, 3.05) is 0 Å². The zero-order valence-corrected chi connectivity index (χ0v) is 7.84. The highest BCUT2D eigenvalue weighted by atomic mass is 35.5. The smallest absolute Gasteiger partial charge is 0.358 e. The average molecular weight is 205 g/mol. The molecule has 0 saturated heterocycles. The van der Waals surface area contributed by atoms with Gasteiger partial charge in [0.2, 0.25) is 0 Å². The molecule has 0 N–H and O–H groups in total. The fourth-order valence-electron chi connectivity index (χ4n) is 0.479. The summed E-state index contributed by atoms with van der Waals surface area (Å²) in [6, 6.07) is 0. The first-order chi connectivity index (χ1) is 5.93. The first-order valence-corrected chi connectivity index (χ1v) is 3.69. The molecule has 1 atom stereocenters. The van der Waals surface area contributed by atoms with Gasteiger partial charge in [0.15, 0.2) is 0 Å². The lowest BCUT2D eigenvalue weighted by Gasteiger charge is -2.21. The molecule has 5 heteroatoms. The number of carbonyl (C=O) groups is 2. The van der Waals surface area contributed by atoms with Gasteiger partial charge in [-0.3, -0.25) is 4.79 Å². The van der Waals surface area contributed by atoms with E-state index in [0.717, 1.165) is 19.1 Å². The van der Waals surface area contributed by atoms with Gasteiger partial charge in [0.1, 0.15) is 0 Å². The SMILES string of the molecule is C=CC(=O)OC(Cl)(C=C)OC(C)=O. The Balaban J connectivity index is 4.44. The van der Waals surface area contributed by atoms with E-state index in [0.29, 0.717) is 0 Å². The number of hydrogen-bond acceptors (Lipinski definition) is 4. The maximum Gasteiger partial charge on any atom is 0.358 e. The largest absolute Gasteiger partial charge is 0.405 e. The second kappa shape index (κ2) is 4.67. The first kappa shape index (κ1) is 11.7. The van der Waals surface area contributed by atoms with Crippen LogP contribution in [0.4, 0.5) is 0 Å². The third-order valence-corrected chi connectivity index (χ3v) is 1.24. The Morgan fingerprint density at radius 3 is 2.23 bits per heavy atom. The van der Waals surface area contributed by atoms with Gasteiger partial charge < -0.3 is 9.47 Å². The van der Waals surface area contributed by atoms with E-state index in [-0.39, 0.29) is 0 Å². The van der Waals surface area contributed by atoms with Crippen LogP contribution in [0.2, 0.25) is 0 Å². The van der Waals surface area contributed by atoms with Gasteiger partial charge in [0.05, 0.1) is 0 Å². The lowest BCUT2D eigenvalue weighted by atomic mass is 10.5. The molecule has 0 aliphatic heterocycles. The Bertz CT molecular complexity index is 249. The van der Waals surface area contributed by atoms with Crippen LogP contribution < -0.4 is 0 Å². The van der Waals surface area contributed by atoms with E-state index < -0.39 is 17.2 Å². The summed E-state index contributed by atoms with van der Waals surface area (Å²) in [5.41, 5.74) is 0. The number of alkyl halides is 1. The molecular formula is C8H9ClO4. The van der Waals surface area contributed by atoms with Gasteiger partial charge in [-0.25, -0.2) is 4.79 Å². The first-order valence-electron chi connectivity index (χ1n) is 3.31. The molecular weight excluding hydrogens is 196 g/mol. The molecule has 0 aliphatic carbocycles. The van der Waals surface area contributed by atoms with Gasteiger partial charge in [0.25, 0.3) is 0 Å². The third-order valence-electron chi connectivity index (χ3n) is 0.933. The summed E-state index contributed by atoms with van der Waals surface area (Å²) >= 11 is 5.54. The zero-order valence-electron chi connectivity index (χ0n) is 7.08. The minimum absolute atomic E-state index is 0.688. The molecule has 0 aliphatic rings. The monoisotopic (exact) mass is 204 g/mol. The van der Waals surface area contributed by atoms with Crippen molar-refractivity contribution in [3.8, 4) is 0 Å². The van der Waals surface area contributed by atoms with Gasteiger partial charge in [-0.15, -0.1) is 0 Å². The maximum absolute atomic E-state index is 10.7. The molecule has 0 aromatic rings. The maximum atomic E-state index is 10.7. The number of halogens is 1. The van der Waals surface area contributed by atoms with Gasteiger partial charge >= 0.3 is 17.2 Å². The lowest BCUT2D eigenvalue weighted by Crippen LogP contribution is -2.31. The molecule has 4 nitrogen and oxygen atoms in total. The minimum atomic E-state index is -1.95. The number of ether oxygens (including phenoxy) is 2. The van der Waals surface area contributed by atoms with Crippen LogP contribution in [0, 0.1) is 0 Å². The molecule has 0 bridgehead atoms. The third kappa shape index (κ3) is 4.32. The van der Waals surface area contributed by atoms with Gasteiger partial charge in [0, 0.05) is 19.1 Å². The van der Waals surface area contributed by atoms with Crippen LogP contribution in [-0.4, -0.2) is 17.2 Å². The second-order valence-electron chi connectivity index (χ2n) is 2.01. The van der Waals surface area contributed by atoms with Crippen molar-refractivity contribution in [2.45, 2.75) is 12.2 Å². The van der Waals surface area contributed by atoms with Crippen molar-refractivity contribution in [1.82, 2.24) is 0 Å². The molecule has 72 valence electrons. The number of carbonyl (C=O) groups excluding carboxylic acids is 2. The highest BCUT2D eigenvalue weighted by Gasteiger charge is 2.30. The standard InChI is InChI=1S/C8H9ClO4/c1-4-7(11)13-8(9,5-2)12-6(3)10/h4-5H,1-2H2,3H3. The molecule has 1 unspecified atom stereocenters. The molecule has 0 spiro atoms. The van der Waals surface area contributed by atoms with Crippen LogP contribution in [0.1, 0.15) is 6.92 Å². The fraction of sp³-hybridized carbons (Fsp3) is 0.250. The fourth-order valence-corrected chi connectivity index (χ4v) is 0.664. The van der Waals surface area contributed by atoms with E-state index in [1.54, 1.807) is 0 Å². The van der Waals surface area contributed by atoms with Crippen LogP contribution in [0.3, 0.4) is 0 Å². The van der Waals surface area contributed by atoms with Crippen LogP contribution in [0.5, 0.6) is 0 Å². The quantitative estimate of drug-likeness (QED) is 0.228. The van der Waals surface area contributed by atoms with Crippen LogP contribution >= 0.6 is 11.6 Å². The van der Waals surface area contributed by atoms with Crippen molar-refractivity contribution < 1.29 is 19.1 Å². The summed E-state index contributed by atoms with van der Waals surface area (Å²) < 4.78 is 8.97. The molecule has 0 aromatic carbocycles. The van der Waals surface area contributed by atoms with Crippen molar-refractivity contribution in [2.24, 2.45) is 0 Å². The molecule has 0 aromatic heterocycles. The Kier molecular flexibility index (Phi) is 4.20. The van der Waals surface area contributed by atoms with E-state index in [4.69, 9.17) is 11.6 Å². The van der Waals surface area contributed by atoms with Gasteiger partial charge in [-0.05, 0) is 11.6 Å². The van der Waals surface area contributed by atoms with Gasteiger partial charge in [-0.2, -0.15) is 0 Å². The highest BCUT2D eigenvalue weighted by molar-refractivity contribution is 6.24. The minimum Gasteiger partial charge on any atom is -0.405 e. The van der Waals surface area contributed by atoms with Crippen LogP contribution in [-0.2, 0) is 19.1 Å². The Morgan fingerprint density at radius 1 is 1.38 bits per heavy atom. The van der Waals surface area contributed by atoms with E-state index in [9.17, 15) is 9.59 Å². The normalized spacial score (nSPS) is 13.7. The number of rotatable bonds is 4. The number of esters is 2. The van der Waals surface area contributed by atoms with E-state index in [1.165, 1.54) is 0 Å². The van der Waals surface area contributed by atoms with Crippen molar-refractivity contribution >= 4 is 23.5 Å². The average Bonchev–Trinajstić information content (AvgIpc) is 2.02. The van der Waals surface area contributed by atoms with E-state index in [1.807, 2.05) is 0 Å². The topological polar surface area (TPSA) is 52.6 Å². The molecule has 0 radical (unpaired) electrons. The lowest BCUT2D eigenvalue weighted by molar-refractivity contribution is -0.184. The predicted molar refractivity (Wildman–Crippen MR) is 46.8 cm³/mol. The second-order valence-corrected chi connectivity index (χ2v) is 2.53. The molecule has 13 heavy (non-hydrogen) atoms. The van der Waals surface area contributed by atoms with Gasteiger partial charge in [-0.1, -0.05) is 13.2 Å². The molecule has 0 saturated carbocycles. The zero-order chi connectivity index (χ0) is 10.5. The molecule has 0 rings (SSSR count). The summed E-state index contributed by atoms with van der Waals surface area (Å²) in [5, 5.41) is -1.95. The summed E-state index contributed by atoms with van der Waals surface area (Å²) in [6.07, 6.45) is 1.88. The summed E-state index contributed by atoms with van der Waals surface area (Å²) in [7, 11) is 0. The van der Waals surface area contributed by atoms with E-state index in [2.05, 4.69) is 22.6 Å². The van der Waals surface area contributed by atoms with Crippen molar-refractivity contribution in [3.63, 3.8) is 0 Å². The van der Waals surface area contributed by atoms with E-state index >= 15 is 0 Å². The van der Waals surface area contributed by atoms with Crippen molar-refractivity contribution in [3.05, 3.63) is 25.3 Å².